The molecule has 0 aromatic rings. The Bertz CT molecular complexity index is 2020. The summed E-state index contributed by atoms with van der Waals surface area (Å²) in [6.07, 6.45) is -15.3. The number of esters is 1. The Hall–Kier alpha value is -1.52. The van der Waals surface area contributed by atoms with E-state index in [-0.39, 0.29) is 47.2 Å². The minimum absolute atomic E-state index is 0.0730. The zero-order valence-corrected chi connectivity index (χ0v) is 41.1. The standard InChI is InChI=1S/C47H76O21S/c1-42(2)27-9-12-46(6)28(8-7-22-23-17-43(3,21-50)13-15-47(23,16-14-45(22,46)5)41(58)67-38-35(57)33(55)31(53)25(18-48)63-38)44(27,4)11-10-29(42)65-39-36(30(52)24(51)20-62-39)66-40-37(68-69(59,60)61)34(56)32(54)26(19-49)64-40/h7,23-40,48-57H,8-21H2,1-6H3,(H,59,60,61)/t23-,24-,25+,26+,27-,28+,29-,30-,31+,32+,33-,34-,35+,36+,37+,38+,39+,40+,43-,44-,45+,46+,47-/m0/s1. The first-order valence-corrected chi connectivity index (χ1v) is 25.9. The molecule has 0 aromatic heterocycles. The van der Waals surface area contributed by atoms with E-state index in [0.717, 1.165) is 31.3 Å². The van der Waals surface area contributed by atoms with Crippen LogP contribution >= 0.6 is 0 Å². The first kappa shape index (κ1) is 53.8. The van der Waals surface area contributed by atoms with Gasteiger partial charge in [0.25, 0.3) is 0 Å². The minimum Gasteiger partial charge on any atom is -0.432 e. The smallest absolute Gasteiger partial charge is 0.397 e. The van der Waals surface area contributed by atoms with Crippen LogP contribution in [0, 0.1) is 50.2 Å². The fourth-order valence-corrected chi connectivity index (χ4v) is 15.5. The lowest BCUT2D eigenvalue weighted by Crippen LogP contribution is -2.66. The average molecular weight is 1010 g/mol. The maximum Gasteiger partial charge on any atom is 0.397 e. The Morgan fingerprint density at radius 3 is 1.99 bits per heavy atom. The summed E-state index contributed by atoms with van der Waals surface area (Å²) in [5, 5.41) is 105. The fourth-order valence-electron chi connectivity index (χ4n) is 15.0. The molecule has 21 nitrogen and oxygen atoms in total. The molecule has 3 aliphatic heterocycles. The zero-order chi connectivity index (χ0) is 50.6. The molecule has 0 aromatic carbocycles. The maximum atomic E-state index is 14.7. The SMILES string of the molecule is CC1(C)[C@@H](O[C@H]2OC[C@H](O)[C@H](O)[C@H]2O[C@H]2O[C@H](CO)[C@@H](O)[C@H](O)[C@H]2OS(=O)(=O)O)CC[C@]2(C)[C@H]3CC=C4[C@@H]5C[C@@](C)(CO)CC[C@]5(C(=O)O[C@H]5O[C@H](CO)[C@@H](O)[C@H](O)[C@H]5O)CC[C@@]4(C)[C@]3(C)CC[C@@H]12. The third-order valence-electron chi connectivity index (χ3n) is 19.4. The molecule has 396 valence electrons. The van der Waals surface area contributed by atoms with Crippen LogP contribution in [0.4, 0.5) is 0 Å². The number of fused-ring (bicyclic) bond motifs is 7. The summed E-state index contributed by atoms with van der Waals surface area (Å²) in [7, 11) is -5.26. The van der Waals surface area contributed by atoms with E-state index in [2.05, 4.69) is 44.9 Å². The lowest BCUT2D eigenvalue weighted by Gasteiger charge is -2.71. The molecule has 22 heteroatoms. The molecule has 69 heavy (non-hydrogen) atoms. The lowest BCUT2D eigenvalue weighted by atomic mass is 9.33. The van der Waals surface area contributed by atoms with Gasteiger partial charge in [-0.25, -0.2) is 4.18 Å². The van der Waals surface area contributed by atoms with Crippen molar-refractivity contribution in [3.8, 4) is 0 Å². The van der Waals surface area contributed by atoms with Gasteiger partial charge in [0.05, 0.1) is 31.3 Å². The van der Waals surface area contributed by atoms with Crippen molar-refractivity contribution in [1.82, 2.24) is 0 Å². The molecule has 0 amide bonds. The van der Waals surface area contributed by atoms with E-state index < -0.39 is 138 Å². The number of aliphatic hydroxyl groups excluding tert-OH is 10. The van der Waals surface area contributed by atoms with Crippen molar-refractivity contribution in [3.63, 3.8) is 0 Å². The van der Waals surface area contributed by atoms with E-state index in [9.17, 15) is 68.8 Å². The van der Waals surface area contributed by atoms with Crippen molar-refractivity contribution in [1.29, 1.82) is 0 Å². The van der Waals surface area contributed by atoms with Crippen molar-refractivity contribution >= 4 is 16.4 Å². The molecule has 0 bridgehead atoms. The van der Waals surface area contributed by atoms with Crippen LogP contribution in [0.2, 0.25) is 0 Å². The van der Waals surface area contributed by atoms with Crippen LogP contribution < -0.4 is 0 Å². The molecule has 0 spiro atoms. The Morgan fingerprint density at radius 2 is 1.35 bits per heavy atom. The van der Waals surface area contributed by atoms with Crippen LogP contribution in [0.3, 0.4) is 0 Å². The highest BCUT2D eigenvalue weighted by atomic mass is 32.3. The molecule has 8 aliphatic rings. The highest BCUT2D eigenvalue weighted by molar-refractivity contribution is 7.80. The third kappa shape index (κ3) is 8.87. The molecule has 3 saturated heterocycles. The van der Waals surface area contributed by atoms with Gasteiger partial charge in [0.1, 0.15) is 61.0 Å². The van der Waals surface area contributed by atoms with Crippen LogP contribution in [0.25, 0.3) is 0 Å². The Balaban J connectivity index is 1.04. The van der Waals surface area contributed by atoms with Gasteiger partial charge in [0, 0.05) is 6.61 Å². The van der Waals surface area contributed by atoms with Gasteiger partial charge in [-0.05, 0) is 109 Å². The van der Waals surface area contributed by atoms with Crippen LogP contribution in [0.15, 0.2) is 11.6 Å². The Kier molecular flexibility index (Phi) is 14.8. The van der Waals surface area contributed by atoms with E-state index in [4.69, 9.17) is 28.4 Å². The van der Waals surface area contributed by atoms with Crippen LogP contribution in [0.1, 0.15) is 106 Å². The molecule has 0 radical (unpaired) electrons. The van der Waals surface area contributed by atoms with Gasteiger partial charge in [-0.1, -0.05) is 53.2 Å². The fraction of sp³-hybridized carbons (Fsp3) is 0.936. The third-order valence-corrected chi connectivity index (χ3v) is 19.8. The van der Waals surface area contributed by atoms with Crippen LogP contribution in [0.5, 0.6) is 0 Å². The largest absolute Gasteiger partial charge is 0.432 e. The van der Waals surface area contributed by atoms with Crippen molar-refractivity contribution in [3.05, 3.63) is 11.6 Å². The number of ether oxygens (including phenoxy) is 6. The average Bonchev–Trinajstić information content (AvgIpc) is 3.29. The topological polar surface area (TPSA) is 338 Å². The monoisotopic (exact) mass is 1010 g/mol. The number of rotatable bonds is 11. The lowest BCUT2D eigenvalue weighted by molar-refractivity contribution is -0.364. The highest BCUT2D eigenvalue weighted by Crippen LogP contribution is 2.76. The second-order valence-electron chi connectivity index (χ2n) is 23.3. The molecule has 7 fully saturated rings. The summed E-state index contributed by atoms with van der Waals surface area (Å²) < 4.78 is 73.6. The van der Waals surface area contributed by atoms with Crippen LogP contribution in [-0.4, -0.2) is 189 Å². The predicted octanol–water partition coefficient (Wildman–Crippen LogP) is -0.421. The molecule has 23 atom stereocenters. The summed E-state index contributed by atoms with van der Waals surface area (Å²) in [4.78, 5) is 14.7. The number of hydrogen-bond donors (Lipinski definition) is 11. The molecule has 3 heterocycles. The molecule has 5 aliphatic carbocycles. The first-order valence-electron chi connectivity index (χ1n) is 24.5. The maximum absolute atomic E-state index is 14.7. The molecule has 0 unspecified atom stereocenters. The molecule has 11 N–H and O–H groups in total. The van der Waals surface area contributed by atoms with Gasteiger partial charge in [0.15, 0.2) is 18.7 Å². The van der Waals surface area contributed by atoms with E-state index in [1.54, 1.807) is 0 Å². The number of carbonyl (C=O) groups is 1. The first-order chi connectivity index (χ1) is 32.1. The molecule has 8 rings (SSSR count). The van der Waals surface area contributed by atoms with E-state index in [1.807, 2.05) is 6.92 Å². The molecule has 4 saturated carbocycles. The van der Waals surface area contributed by atoms with E-state index in [1.165, 1.54) is 0 Å². The van der Waals surface area contributed by atoms with Gasteiger partial charge in [-0.15, -0.1) is 0 Å². The highest BCUT2D eigenvalue weighted by Gasteiger charge is 2.70. The van der Waals surface area contributed by atoms with Gasteiger partial charge in [0.2, 0.25) is 6.29 Å². The van der Waals surface area contributed by atoms with Crippen molar-refractivity contribution in [2.75, 3.05) is 26.4 Å². The number of carbonyl (C=O) groups excluding carboxylic acids is 1. The second-order valence-corrected chi connectivity index (χ2v) is 24.4. The zero-order valence-electron chi connectivity index (χ0n) is 40.3. The number of aliphatic hydroxyl groups is 10. The Morgan fingerprint density at radius 1 is 0.710 bits per heavy atom. The molecular weight excluding hydrogens is 933 g/mol. The number of allylic oxidation sites excluding steroid dienone is 2. The summed E-state index contributed by atoms with van der Waals surface area (Å²) in [5.41, 5.74) is -1.72. The predicted molar refractivity (Wildman–Crippen MR) is 236 cm³/mol. The van der Waals surface area contributed by atoms with Gasteiger partial charge in [-0.2, -0.15) is 8.42 Å². The van der Waals surface area contributed by atoms with Crippen molar-refractivity contribution in [2.45, 2.75) is 198 Å². The summed E-state index contributed by atoms with van der Waals surface area (Å²) >= 11 is 0. The molecular formula is C47H76O21S. The van der Waals surface area contributed by atoms with Crippen molar-refractivity contribution < 1.29 is 101 Å². The Labute approximate surface area is 403 Å². The quantitative estimate of drug-likeness (QED) is 0.0542. The number of hydrogen-bond acceptors (Lipinski definition) is 20. The normalized spacial score (nSPS) is 52.0. The van der Waals surface area contributed by atoms with Crippen LogP contribution in [-0.2, 0) is 47.8 Å². The van der Waals surface area contributed by atoms with Gasteiger partial charge >= 0.3 is 16.4 Å². The van der Waals surface area contributed by atoms with E-state index >= 15 is 0 Å². The minimum atomic E-state index is -5.26. The van der Waals surface area contributed by atoms with Gasteiger partial charge < -0.3 is 79.5 Å². The van der Waals surface area contributed by atoms with Crippen molar-refractivity contribution in [2.24, 2.45) is 50.2 Å². The summed E-state index contributed by atoms with van der Waals surface area (Å²) in [5.74, 6) is -0.622. The second kappa shape index (κ2) is 19.0. The van der Waals surface area contributed by atoms with E-state index in [0.29, 0.717) is 38.5 Å². The summed E-state index contributed by atoms with van der Waals surface area (Å²) in [6, 6.07) is 0. The summed E-state index contributed by atoms with van der Waals surface area (Å²) in [6.45, 7) is 11.4. The van der Waals surface area contributed by atoms with Gasteiger partial charge in [-0.3, -0.25) is 9.35 Å².